The second-order valence-corrected chi connectivity index (χ2v) is 7.56. The smallest absolute Gasteiger partial charge is 0.226 e. The van der Waals surface area contributed by atoms with Crippen LogP contribution in [0.1, 0.15) is 53.2 Å². The largest absolute Gasteiger partial charge is 0.365 e. The molecule has 0 aromatic carbocycles. The standard InChI is InChI=1S/C16H24ClN5O/c1-10(16(2,3)4)19-13-12-14(21-15(17)20-13)22(9-18-12)11-7-5-6-8-23-11/h9-11H,5-8H2,1-4H3,(H,19,20,21)/t10-,11?/m1/s1. The van der Waals surface area contributed by atoms with Gasteiger partial charge in [0, 0.05) is 12.6 Å². The zero-order valence-electron chi connectivity index (χ0n) is 14.1. The molecule has 0 saturated carbocycles. The van der Waals surface area contributed by atoms with Crippen LogP contribution in [0, 0.1) is 5.41 Å². The number of anilines is 1. The summed E-state index contributed by atoms with van der Waals surface area (Å²) in [6.45, 7) is 9.44. The molecule has 1 saturated heterocycles. The quantitative estimate of drug-likeness (QED) is 0.857. The molecule has 0 amide bonds. The van der Waals surface area contributed by atoms with E-state index in [0.717, 1.165) is 37.0 Å². The minimum Gasteiger partial charge on any atom is -0.365 e. The molecule has 126 valence electrons. The fraction of sp³-hybridized carbons (Fsp3) is 0.688. The number of aromatic nitrogens is 4. The van der Waals surface area contributed by atoms with E-state index in [-0.39, 0.29) is 23.0 Å². The summed E-state index contributed by atoms with van der Waals surface area (Å²) in [6, 6.07) is 0.216. The van der Waals surface area contributed by atoms with E-state index in [1.165, 1.54) is 0 Å². The first-order chi connectivity index (χ1) is 10.9. The molecule has 0 spiro atoms. The normalized spacial score (nSPS) is 20.7. The van der Waals surface area contributed by atoms with Gasteiger partial charge in [0.25, 0.3) is 0 Å². The minimum atomic E-state index is -0.0207. The number of nitrogens with zero attached hydrogens (tertiary/aromatic N) is 4. The van der Waals surface area contributed by atoms with Gasteiger partial charge in [0.15, 0.2) is 17.0 Å². The third kappa shape index (κ3) is 3.43. The van der Waals surface area contributed by atoms with Crippen LogP contribution in [0.3, 0.4) is 0 Å². The molecule has 0 bridgehead atoms. The molecule has 2 aromatic heterocycles. The van der Waals surface area contributed by atoms with Crippen LogP contribution in [0.5, 0.6) is 0 Å². The molecule has 0 aliphatic carbocycles. The molecule has 1 fully saturated rings. The highest BCUT2D eigenvalue weighted by molar-refractivity contribution is 6.28. The highest BCUT2D eigenvalue weighted by atomic mass is 35.5. The van der Waals surface area contributed by atoms with Crippen molar-refractivity contribution in [2.75, 3.05) is 11.9 Å². The number of fused-ring (bicyclic) bond motifs is 1. The minimum absolute atomic E-state index is 0.0207. The van der Waals surface area contributed by atoms with E-state index < -0.39 is 0 Å². The average molecular weight is 338 g/mol. The van der Waals surface area contributed by atoms with Crippen molar-refractivity contribution in [3.05, 3.63) is 11.6 Å². The van der Waals surface area contributed by atoms with E-state index in [0.29, 0.717) is 5.82 Å². The number of imidazole rings is 1. The summed E-state index contributed by atoms with van der Waals surface area (Å²) in [6.07, 6.45) is 4.98. The van der Waals surface area contributed by atoms with Crippen LogP contribution in [0.25, 0.3) is 11.2 Å². The van der Waals surface area contributed by atoms with E-state index in [9.17, 15) is 0 Å². The second-order valence-electron chi connectivity index (χ2n) is 7.22. The first kappa shape index (κ1) is 16.5. The van der Waals surface area contributed by atoms with Gasteiger partial charge in [-0.15, -0.1) is 0 Å². The monoisotopic (exact) mass is 337 g/mol. The van der Waals surface area contributed by atoms with Crippen molar-refractivity contribution >= 4 is 28.6 Å². The van der Waals surface area contributed by atoms with Gasteiger partial charge in [-0.1, -0.05) is 20.8 Å². The van der Waals surface area contributed by atoms with Gasteiger partial charge in [-0.05, 0) is 43.2 Å². The van der Waals surface area contributed by atoms with Crippen LogP contribution in [0.4, 0.5) is 5.82 Å². The third-order valence-electron chi connectivity index (χ3n) is 4.51. The summed E-state index contributed by atoms with van der Waals surface area (Å²) >= 11 is 6.15. The molecular formula is C16H24ClN5O. The van der Waals surface area contributed by atoms with E-state index in [2.05, 4.69) is 48.0 Å². The first-order valence-corrected chi connectivity index (χ1v) is 8.52. The van der Waals surface area contributed by atoms with Crippen LogP contribution in [-0.2, 0) is 4.74 Å². The molecule has 0 radical (unpaired) electrons. The summed E-state index contributed by atoms with van der Waals surface area (Å²) in [5, 5.41) is 3.65. The number of hydrogen-bond donors (Lipinski definition) is 1. The Morgan fingerprint density at radius 2 is 2.13 bits per heavy atom. The fourth-order valence-corrected chi connectivity index (χ4v) is 2.73. The Morgan fingerprint density at radius 1 is 1.35 bits per heavy atom. The highest BCUT2D eigenvalue weighted by Gasteiger charge is 2.24. The van der Waals surface area contributed by atoms with Gasteiger partial charge < -0.3 is 10.1 Å². The predicted molar refractivity (Wildman–Crippen MR) is 91.7 cm³/mol. The molecule has 23 heavy (non-hydrogen) atoms. The maximum absolute atomic E-state index is 6.15. The molecule has 2 atom stereocenters. The maximum Gasteiger partial charge on any atom is 0.226 e. The zero-order valence-corrected chi connectivity index (χ0v) is 14.9. The van der Waals surface area contributed by atoms with Crippen molar-refractivity contribution in [1.82, 2.24) is 19.5 Å². The first-order valence-electron chi connectivity index (χ1n) is 8.14. The van der Waals surface area contributed by atoms with Crippen molar-refractivity contribution in [2.45, 2.75) is 59.2 Å². The Hall–Kier alpha value is -1.40. The maximum atomic E-state index is 6.15. The van der Waals surface area contributed by atoms with E-state index in [4.69, 9.17) is 16.3 Å². The molecule has 7 heteroatoms. The second kappa shape index (κ2) is 6.24. The lowest BCUT2D eigenvalue weighted by molar-refractivity contribution is -0.0298. The summed E-state index contributed by atoms with van der Waals surface area (Å²) in [7, 11) is 0. The van der Waals surface area contributed by atoms with Crippen molar-refractivity contribution < 1.29 is 4.74 Å². The molecule has 6 nitrogen and oxygen atoms in total. The lowest BCUT2D eigenvalue weighted by Crippen LogP contribution is -2.31. The third-order valence-corrected chi connectivity index (χ3v) is 4.68. The van der Waals surface area contributed by atoms with Crippen LogP contribution in [0.2, 0.25) is 5.28 Å². The summed E-state index contributed by atoms with van der Waals surface area (Å²) in [5.41, 5.74) is 1.55. The van der Waals surface area contributed by atoms with Crippen molar-refractivity contribution in [3.8, 4) is 0 Å². The SMILES string of the molecule is C[C@@H](Nc1nc(Cl)nc2c1ncn2C1CCCCO1)C(C)(C)C. The number of hydrogen-bond acceptors (Lipinski definition) is 5. The van der Waals surface area contributed by atoms with Gasteiger partial charge >= 0.3 is 0 Å². The molecule has 1 unspecified atom stereocenters. The number of rotatable bonds is 3. The van der Waals surface area contributed by atoms with Crippen LogP contribution >= 0.6 is 11.6 Å². The topological polar surface area (TPSA) is 64.9 Å². The predicted octanol–water partition coefficient (Wildman–Crippen LogP) is 4.03. The Labute approximate surface area is 141 Å². The van der Waals surface area contributed by atoms with Gasteiger partial charge in [-0.3, -0.25) is 4.57 Å². The molecule has 1 aliphatic rings. The summed E-state index contributed by atoms with van der Waals surface area (Å²) in [5.74, 6) is 0.678. The van der Waals surface area contributed by atoms with Crippen LogP contribution in [0.15, 0.2) is 6.33 Å². The lowest BCUT2D eigenvalue weighted by atomic mass is 9.88. The van der Waals surface area contributed by atoms with E-state index in [1.54, 1.807) is 6.33 Å². The van der Waals surface area contributed by atoms with Gasteiger partial charge in [0.05, 0.1) is 6.33 Å². The number of nitrogens with one attached hydrogen (secondary N) is 1. The average Bonchev–Trinajstić information content (AvgIpc) is 2.91. The Bertz CT molecular complexity index is 688. The molecule has 3 rings (SSSR count). The van der Waals surface area contributed by atoms with Gasteiger partial charge in [-0.25, -0.2) is 4.98 Å². The van der Waals surface area contributed by atoms with Gasteiger partial charge in [0.1, 0.15) is 6.23 Å². The Balaban J connectivity index is 1.98. The Kier molecular flexibility index (Phi) is 4.47. The summed E-state index contributed by atoms with van der Waals surface area (Å²) in [4.78, 5) is 13.2. The molecule has 1 N–H and O–H groups in total. The highest BCUT2D eigenvalue weighted by Crippen LogP contribution is 2.30. The molecule has 1 aliphatic heterocycles. The number of halogens is 1. The van der Waals surface area contributed by atoms with Crippen molar-refractivity contribution in [3.63, 3.8) is 0 Å². The number of ether oxygens (including phenoxy) is 1. The van der Waals surface area contributed by atoms with Crippen molar-refractivity contribution in [2.24, 2.45) is 5.41 Å². The summed E-state index contributed by atoms with van der Waals surface area (Å²) < 4.78 is 7.81. The fourth-order valence-electron chi connectivity index (χ4n) is 2.57. The van der Waals surface area contributed by atoms with Crippen LogP contribution in [-0.4, -0.2) is 32.2 Å². The Morgan fingerprint density at radius 3 is 2.78 bits per heavy atom. The zero-order chi connectivity index (χ0) is 16.6. The van der Waals surface area contributed by atoms with Crippen molar-refractivity contribution in [1.29, 1.82) is 0 Å². The molecular weight excluding hydrogens is 314 g/mol. The van der Waals surface area contributed by atoms with E-state index >= 15 is 0 Å². The molecule has 2 aromatic rings. The lowest BCUT2D eigenvalue weighted by Gasteiger charge is -2.28. The van der Waals surface area contributed by atoms with E-state index in [1.807, 2.05) is 4.57 Å². The molecule has 3 heterocycles. The van der Waals surface area contributed by atoms with Gasteiger partial charge in [0.2, 0.25) is 5.28 Å². The van der Waals surface area contributed by atoms with Gasteiger partial charge in [-0.2, -0.15) is 9.97 Å². The van der Waals surface area contributed by atoms with Crippen LogP contribution < -0.4 is 5.32 Å².